The summed E-state index contributed by atoms with van der Waals surface area (Å²) in [6.45, 7) is 0. The Morgan fingerprint density at radius 1 is 1.06 bits per heavy atom. The molecule has 4 nitrogen and oxygen atoms in total. The maximum Gasteiger partial charge on any atom is 0.335 e. The third-order valence-corrected chi connectivity index (χ3v) is 2.86. The number of carboxylic acids is 1. The molecular formula is C12H9NO3S. The second-order valence-electron chi connectivity index (χ2n) is 3.35. The van der Waals surface area contributed by atoms with Crippen LogP contribution in [0.5, 0.6) is 0 Å². The van der Waals surface area contributed by atoms with Gasteiger partial charge in [0.2, 0.25) is 0 Å². The minimum atomic E-state index is -1.00. The lowest BCUT2D eigenvalue weighted by molar-refractivity contribution is 0.0696. The van der Waals surface area contributed by atoms with Crippen LogP contribution in [-0.2, 0) is 0 Å². The number of anilines is 1. The van der Waals surface area contributed by atoms with Gasteiger partial charge in [-0.2, -0.15) is 11.3 Å². The smallest absolute Gasteiger partial charge is 0.335 e. The van der Waals surface area contributed by atoms with E-state index >= 15 is 0 Å². The molecule has 0 unspecified atom stereocenters. The van der Waals surface area contributed by atoms with Gasteiger partial charge in [0.15, 0.2) is 0 Å². The lowest BCUT2D eigenvalue weighted by atomic mass is 10.1. The van der Waals surface area contributed by atoms with E-state index in [0.717, 1.165) is 5.69 Å². The molecule has 5 heteroatoms. The molecule has 0 atom stereocenters. The quantitative estimate of drug-likeness (QED) is 0.876. The first kappa shape index (κ1) is 11.3. The molecule has 0 radical (unpaired) electrons. The van der Waals surface area contributed by atoms with Gasteiger partial charge in [0, 0.05) is 10.9 Å². The van der Waals surface area contributed by atoms with Gasteiger partial charge < -0.3 is 10.4 Å². The van der Waals surface area contributed by atoms with Gasteiger partial charge in [-0.25, -0.2) is 4.79 Å². The van der Waals surface area contributed by atoms with E-state index in [4.69, 9.17) is 5.11 Å². The first-order valence-electron chi connectivity index (χ1n) is 4.84. The number of hydrogen-bond acceptors (Lipinski definition) is 3. The molecule has 0 aliphatic carbocycles. The predicted molar refractivity (Wildman–Crippen MR) is 65.7 cm³/mol. The first-order chi connectivity index (χ1) is 8.16. The van der Waals surface area contributed by atoms with Crippen LogP contribution in [0.25, 0.3) is 0 Å². The fourth-order valence-electron chi connectivity index (χ4n) is 1.30. The highest BCUT2D eigenvalue weighted by atomic mass is 32.1. The fourth-order valence-corrected chi connectivity index (χ4v) is 1.89. The summed E-state index contributed by atoms with van der Waals surface area (Å²) in [6.07, 6.45) is 0. The van der Waals surface area contributed by atoms with Gasteiger partial charge in [-0.15, -0.1) is 0 Å². The van der Waals surface area contributed by atoms with Gasteiger partial charge in [-0.3, -0.25) is 4.79 Å². The van der Waals surface area contributed by atoms with Crippen molar-refractivity contribution in [1.29, 1.82) is 0 Å². The normalized spacial score (nSPS) is 9.88. The van der Waals surface area contributed by atoms with E-state index in [1.165, 1.54) is 35.6 Å². The van der Waals surface area contributed by atoms with Crippen LogP contribution in [0.2, 0.25) is 0 Å². The SMILES string of the molecule is O=C(O)c1ccc(C(=O)Nc2ccsc2)cc1. The van der Waals surface area contributed by atoms with Gasteiger partial charge in [-0.05, 0) is 35.7 Å². The largest absolute Gasteiger partial charge is 0.478 e. The number of amides is 1. The lowest BCUT2D eigenvalue weighted by Gasteiger charge is -2.02. The number of hydrogen-bond donors (Lipinski definition) is 2. The molecular weight excluding hydrogens is 238 g/mol. The van der Waals surface area contributed by atoms with E-state index in [2.05, 4.69) is 5.32 Å². The van der Waals surface area contributed by atoms with E-state index < -0.39 is 5.97 Å². The molecule has 0 saturated carbocycles. The average Bonchev–Trinajstić information content (AvgIpc) is 2.82. The number of rotatable bonds is 3. The molecule has 2 aromatic rings. The Morgan fingerprint density at radius 2 is 1.71 bits per heavy atom. The van der Waals surface area contributed by atoms with Crippen LogP contribution in [0.15, 0.2) is 41.1 Å². The number of carboxylic acid groups (broad SMARTS) is 1. The molecule has 0 saturated heterocycles. The van der Waals surface area contributed by atoms with Crippen molar-refractivity contribution in [2.45, 2.75) is 0 Å². The van der Waals surface area contributed by atoms with E-state index in [1.807, 2.05) is 10.8 Å². The van der Waals surface area contributed by atoms with Crippen LogP contribution in [0, 0.1) is 0 Å². The molecule has 17 heavy (non-hydrogen) atoms. The summed E-state index contributed by atoms with van der Waals surface area (Å²) in [4.78, 5) is 22.4. The van der Waals surface area contributed by atoms with Crippen molar-refractivity contribution in [1.82, 2.24) is 0 Å². The second-order valence-corrected chi connectivity index (χ2v) is 4.13. The fraction of sp³-hybridized carbons (Fsp3) is 0. The van der Waals surface area contributed by atoms with Crippen molar-refractivity contribution >= 4 is 28.9 Å². The third kappa shape index (κ3) is 2.70. The standard InChI is InChI=1S/C12H9NO3S/c14-11(13-10-5-6-17-7-10)8-1-3-9(4-2-8)12(15)16/h1-7H,(H,13,14)(H,15,16). The molecule has 1 amide bonds. The highest BCUT2D eigenvalue weighted by Gasteiger charge is 2.08. The summed E-state index contributed by atoms with van der Waals surface area (Å²) in [5, 5.41) is 15.1. The third-order valence-electron chi connectivity index (χ3n) is 2.17. The Bertz CT molecular complexity index is 531. The average molecular weight is 247 g/mol. The summed E-state index contributed by atoms with van der Waals surface area (Å²) in [6, 6.07) is 7.60. The van der Waals surface area contributed by atoms with Crippen molar-refractivity contribution in [3.05, 3.63) is 52.2 Å². The number of carbonyl (C=O) groups excluding carboxylic acids is 1. The molecule has 2 rings (SSSR count). The number of aromatic carboxylic acids is 1. The van der Waals surface area contributed by atoms with Crippen LogP contribution in [0.3, 0.4) is 0 Å². The summed E-state index contributed by atoms with van der Waals surface area (Å²) in [7, 11) is 0. The van der Waals surface area contributed by atoms with Crippen LogP contribution >= 0.6 is 11.3 Å². The van der Waals surface area contributed by atoms with Crippen LogP contribution in [-0.4, -0.2) is 17.0 Å². The topological polar surface area (TPSA) is 66.4 Å². The zero-order valence-electron chi connectivity index (χ0n) is 8.71. The minimum absolute atomic E-state index is 0.164. The summed E-state index contributed by atoms with van der Waals surface area (Å²) < 4.78 is 0. The Kier molecular flexibility index (Phi) is 3.20. The van der Waals surface area contributed by atoms with Gasteiger partial charge in [-0.1, -0.05) is 0 Å². The van der Waals surface area contributed by atoms with E-state index in [0.29, 0.717) is 5.56 Å². The maximum atomic E-state index is 11.7. The Hall–Kier alpha value is -2.14. The number of thiophene rings is 1. The van der Waals surface area contributed by atoms with Crippen molar-refractivity contribution in [3.8, 4) is 0 Å². The maximum absolute atomic E-state index is 11.7. The zero-order chi connectivity index (χ0) is 12.3. The Balaban J connectivity index is 2.12. The molecule has 0 fully saturated rings. The molecule has 0 bridgehead atoms. The summed E-state index contributed by atoms with van der Waals surface area (Å²) >= 11 is 1.49. The molecule has 0 spiro atoms. The Morgan fingerprint density at radius 3 is 2.24 bits per heavy atom. The Labute approximate surface area is 102 Å². The summed E-state index contributed by atoms with van der Waals surface area (Å²) in [5.41, 5.74) is 1.33. The molecule has 86 valence electrons. The highest BCUT2D eigenvalue weighted by molar-refractivity contribution is 7.08. The van der Waals surface area contributed by atoms with Crippen molar-refractivity contribution < 1.29 is 14.7 Å². The van der Waals surface area contributed by atoms with Gasteiger partial charge in [0.05, 0.1) is 11.3 Å². The molecule has 0 aliphatic heterocycles. The molecule has 1 aromatic carbocycles. The minimum Gasteiger partial charge on any atom is -0.478 e. The predicted octanol–water partition coefficient (Wildman–Crippen LogP) is 2.70. The van der Waals surface area contributed by atoms with Crippen molar-refractivity contribution in [2.75, 3.05) is 5.32 Å². The zero-order valence-corrected chi connectivity index (χ0v) is 9.53. The van der Waals surface area contributed by atoms with Gasteiger partial charge >= 0.3 is 5.97 Å². The monoisotopic (exact) mass is 247 g/mol. The van der Waals surface area contributed by atoms with Crippen molar-refractivity contribution in [3.63, 3.8) is 0 Å². The number of carbonyl (C=O) groups is 2. The number of nitrogens with one attached hydrogen (secondary N) is 1. The van der Waals surface area contributed by atoms with E-state index in [9.17, 15) is 9.59 Å². The molecule has 1 heterocycles. The van der Waals surface area contributed by atoms with E-state index in [1.54, 1.807) is 6.07 Å². The van der Waals surface area contributed by atoms with Crippen LogP contribution in [0.1, 0.15) is 20.7 Å². The van der Waals surface area contributed by atoms with Crippen LogP contribution in [0.4, 0.5) is 5.69 Å². The molecule has 2 N–H and O–H groups in total. The summed E-state index contributed by atoms with van der Waals surface area (Å²) in [5.74, 6) is -1.25. The van der Waals surface area contributed by atoms with Crippen LogP contribution < -0.4 is 5.32 Å². The van der Waals surface area contributed by atoms with E-state index in [-0.39, 0.29) is 11.5 Å². The number of benzene rings is 1. The molecule has 1 aromatic heterocycles. The van der Waals surface area contributed by atoms with Gasteiger partial charge in [0.1, 0.15) is 0 Å². The van der Waals surface area contributed by atoms with Gasteiger partial charge in [0.25, 0.3) is 5.91 Å². The molecule has 0 aliphatic rings. The first-order valence-corrected chi connectivity index (χ1v) is 5.78. The second kappa shape index (κ2) is 4.80. The highest BCUT2D eigenvalue weighted by Crippen LogP contribution is 2.13. The lowest BCUT2D eigenvalue weighted by Crippen LogP contribution is -2.11. The van der Waals surface area contributed by atoms with Crippen molar-refractivity contribution in [2.24, 2.45) is 0 Å².